The van der Waals surface area contributed by atoms with Crippen LogP contribution in [0, 0.1) is 0 Å². The highest BCUT2D eigenvalue weighted by molar-refractivity contribution is 5.60. The van der Waals surface area contributed by atoms with Gasteiger partial charge in [0.25, 0.3) is 0 Å². The van der Waals surface area contributed by atoms with Crippen molar-refractivity contribution in [2.24, 2.45) is 4.99 Å². The van der Waals surface area contributed by atoms with Crippen LogP contribution in [0.3, 0.4) is 0 Å². The third kappa shape index (κ3) is 12.2. The Labute approximate surface area is 195 Å². The quantitative estimate of drug-likeness (QED) is 0.110. The average Bonchev–Trinajstić information content (AvgIpc) is 3.19. The summed E-state index contributed by atoms with van der Waals surface area (Å²) in [4.78, 5) is 4.68. The monoisotopic (exact) mass is 435 g/mol. The van der Waals surface area contributed by atoms with Crippen molar-refractivity contribution in [1.29, 1.82) is 0 Å². The van der Waals surface area contributed by atoms with Gasteiger partial charge >= 0.3 is 0 Å². The fourth-order valence-electron chi connectivity index (χ4n) is 5.02. The van der Waals surface area contributed by atoms with Gasteiger partial charge in [0.1, 0.15) is 6.54 Å². The molecule has 31 heavy (non-hydrogen) atoms. The summed E-state index contributed by atoms with van der Waals surface area (Å²) >= 11 is 0. The first-order valence-corrected chi connectivity index (χ1v) is 13.9. The van der Waals surface area contributed by atoms with E-state index < -0.39 is 0 Å². The molecule has 0 saturated heterocycles. The molecule has 0 aromatic rings. The lowest BCUT2D eigenvalue weighted by atomic mass is 10.0. The molecule has 1 rings (SSSR count). The van der Waals surface area contributed by atoms with Gasteiger partial charge in [-0.25, -0.2) is 4.99 Å². The van der Waals surface area contributed by atoms with Gasteiger partial charge in [-0.05, 0) is 39.0 Å². The highest BCUT2D eigenvalue weighted by Crippen LogP contribution is 2.26. The highest BCUT2D eigenvalue weighted by atomic mass is 16.3. The van der Waals surface area contributed by atoms with Gasteiger partial charge in [-0.2, -0.15) is 0 Å². The summed E-state index contributed by atoms with van der Waals surface area (Å²) < 4.78 is 0.745. The van der Waals surface area contributed by atoms with Crippen molar-refractivity contribution in [2.75, 3.05) is 13.1 Å². The Hall–Kier alpha value is -0.670. The number of unbranched alkanes of at least 4 members (excludes halogenated alkanes) is 15. The molecule has 182 valence electrons. The lowest BCUT2D eigenvalue weighted by Gasteiger charge is -2.40. The van der Waals surface area contributed by atoms with Crippen LogP contribution in [-0.2, 0) is 0 Å². The minimum absolute atomic E-state index is 0.283. The number of aliphatic hydroxyl groups is 1. The Bertz CT molecular complexity index is 460. The van der Waals surface area contributed by atoms with E-state index in [1.807, 2.05) is 13.1 Å². The summed E-state index contributed by atoms with van der Waals surface area (Å²) in [6.45, 7) is 8.26. The second-order valence-electron chi connectivity index (χ2n) is 9.83. The van der Waals surface area contributed by atoms with Crippen LogP contribution < -0.4 is 0 Å². The third-order valence-electron chi connectivity index (χ3n) is 7.35. The molecule has 1 N–H and O–H groups in total. The van der Waals surface area contributed by atoms with E-state index in [4.69, 9.17) is 0 Å². The molecule has 0 saturated carbocycles. The maximum atomic E-state index is 10.2. The van der Waals surface area contributed by atoms with Gasteiger partial charge in [0, 0.05) is 13.3 Å². The molecule has 0 amide bonds. The first-order chi connectivity index (χ1) is 15.2. The van der Waals surface area contributed by atoms with Gasteiger partial charge in [-0.3, -0.25) is 4.48 Å². The van der Waals surface area contributed by atoms with E-state index >= 15 is 0 Å². The average molecular weight is 436 g/mol. The Kier molecular flexibility index (Phi) is 17.3. The van der Waals surface area contributed by atoms with Crippen molar-refractivity contribution in [1.82, 2.24) is 0 Å². The summed E-state index contributed by atoms with van der Waals surface area (Å²) in [5.41, 5.74) is 0. The molecule has 0 spiro atoms. The zero-order valence-corrected chi connectivity index (χ0v) is 21.4. The first kappa shape index (κ1) is 28.4. The number of nitrogens with zero attached hydrogens (tertiary/aromatic N) is 2. The summed E-state index contributed by atoms with van der Waals surface area (Å²) in [6.07, 6.45) is 31.3. The van der Waals surface area contributed by atoms with E-state index in [-0.39, 0.29) is 12.4 Å². The van der Waals surface area contributed by atoms with Crippen LogP contribution in [-0.4, -0.2) is 41.3 Å². The summed E-state index contributed by atoms with van der Waals surface area (Å²) in [7, 11) is 0. The largest absolute Gasteiger partial charge is 0.345 e. The molecule has 3 atom stereocenters. The Morgan fingerprint density at radius 1 is 0.806 bits per heavy atom. The third-order valence-corrected chi connectivity index (χ3v) is 7.35. The van der Waals surface area contributed by atoms with E-state index in [1.54, 1.807) is 0 Å². The molecule has 0 fully saturated rings. The molecule has 0 aliphatic carbocycles. The predicted octanol–water partition coefficient (Wildman–Crippen LogP) is 8.17. The second kappa shape index (κ2) is 18.9. The minimum Gasteiger partial charge on any atom is -0.345 e. The maximum Gasteiger partial charge on any atom is 0.189 e. The number of allylic oxidation sites excluding steroid dienone is 2. The van der Waals surface area contributed by atoms with E-state index in [0.717, 1.165) is 24.0 Å². The number of aliphatic imine (C=N–C) groups is 1. The molecule has 0 radical (unpaired) electrons. The molecule has 3 unspecified atom stereocenters. The van der Waals surface area contributed by atoms with Crippen molar-refractivity contribution < 1.29 is 9.59 Å². The van der Waals surface area contributed by atoms with Crippen molar-refractivity contribution in [3.63, 3.8) is 0 Å². The van der Waals surface area contributed by atoms with Gasteiger partial charge < -0.3 is 5.11 Å². The Morgan fingerprint density at radius 2 is 1.29 bits per heavy atom. The molecular weight excluding hydrogens is 380 g/mol. The highest BCUT2D eigenvalue weighted by Gasteiger charge is 2.41. The zero-order chi connectivity index (χ0) is 22.6. The van der Waals surface area contributed by atoms with E-state index in [0.29, 0.717) is 0 Å². The number of hydrogen-bond donors (Lipinski definition) is 1. The van der Waals surface area contributed by atoms with Crippen LogP contribution >= 0.6 is 0 Å². The fourth-order valence-corrected chi connectivity index (χ4v) is 5.02. The second-order valence-corrected chi connectivity index (χ2v) is 9.83. The number of hydrogen-bond acceptors (Lipinski definition) is 2. The van der Waals surface area contributed by atoms with Crippen molar-refractivity contribution >= 4 is 6.21 Å². The molecule has 3 heteroatoms. The van der Waals surface area contributed by atoms with Crippen molar-refractivity contribution in [3.8, 4) is 0 Å². The van der Waals surface area contributed by atoms with Crippen molar-refractivity contribution in [2.45, 2.75) is 149 Å². The molecule has 0 bridgehead atoms. The smallest absolute Gasteiger partial charge is 0.189 e. The molecule has 0 aromatic heterocycles. The van der Waals surface area contributed by atoms with Gasteiger partial charge in [-0.15, -0.1) is 0 Å². The van der Waals surface area contributed by atoms with Gasteiger partial charge in [-0.1, -0.05) is 96.1 Å². The SMILES string of the molecule is CCCCCCC/C=C/CCCCCCCCCCCCC1N=CC[N+]1(CC)C(C)O. The van der Waals surface area contributed by atoms with Crippen LogP contribution in [0.2, 0.25) is 0 Å². The summed E-state index contributed by atoms with van der Waals surface area (Å²) in [6, 6.07) is 0. The molecule has 1 heterocycles. The van der Waals surface area contributed by atoms with Gasteiger partial charge in [0.05, 0.1) is 12.8 Å². The number of aliphatic hydroxyl groups excluding tert-OH is 1. The standard InChI is InChI=1S/C28H55N2O/c1-4-6-7-8-9-10-11-12-13-14-15-16-17-18-19-20-21-22-23-24-28-29-25-26-30(28,5-2)27(3)31/h11-12,25,27-28,31H,4-10,13-24,26H2,1-3H3/q+1/b12-11+. The van der Waals surface area contributed by atoms with Crippen LogP contribution in [0.25, 0.3) is 0 Å². The number of rotatable bonds is 21. The molecular formula is C28H55N2O+. The van der Waals surface area contributed by atoms with Crippen LogP contribution in [0.4, 0.5) is 0 Å². The lowest BCUT2D eigenvalue weighted by Crippen LogP contribution is -2.57. The number of quaternary nitrogens is 1. The van der Waals surface area contributed by atoms with E-state index in [9.17, 15) is 5.11 Å². The molecule has 0 aromatic carbocycles. The van der Waals surface area contributed by atoms with Crippen LogP contribution in [0.15, 0.2) is 17.1 Å². The lowest BCUT2D eigenvalue weighted by molar-refractivity contribution is -0.976. The van der Waals surface area contributed by atoms with E-state index in [1.165, 1.54) is 109 Å². The first-order valence-electron chi connectivity index (χ1n) is 13.9. The topological polar surface area (TPSA) is 32.6 Å². The predicted molar refractivity (Wildman–Crippen MR) is 138 cm³/mol. The zero-order valence-electron chi connectivity index (χ0n) is 21.4. The van der Waals surface area contributed by atoms with E-state index in [2.05, 4.69) is 31.0 Å². The summed E-state index contributed by atoms with van der Waals surface area (Å²) in [5, 5.41) is 10.2. The minimum atomic E-state index is -0.311. The molecule has 1 aliphatic rings. The maximum absolute atomic E-state index is 10.2. The summed E-state index contributed by atoms with van der Waals surface area (Å²) in [5.74, 6) is 0. The van der Waals surface area contributed by atoms with Crippen molar-refractivity contribution in [3.05, 3.63) is 12.2 Å². The van der Waals surface area contributed by atoms with Gasteiger partial charge in [0.2, 0.25) is 0 Å². The molecule has 1 aliphatic heterocycles. The van der Waals surface area contributed by atoms with Crippen LogP contribution in [0.1, 0.15) is 136 Å². The van der Waals surface area contributed by atoms with Crippen LogP contribution in [0.5, 0.6) is 0 Å². The normalized spacial score (nSPS) is 22.0. The fraction of sp³-hybridized carbons (Fsp3) is 0.893. The van der Waals surface area contributed by atoms with Gasteiger partial charge in [0.15, 0.2) is 12.4 Å². The molecule has 3 nitrogen and oxygen atoms in total. The Balaban J connectivity index is 1.84. The Morgan fingerprint density at radius 3 is 1.77 bits per heavy atom.